The SMILES string of the molecule is N#Cc1cccc([C@]23CC[C@@H](N(CCCN4CCCC4)C(=O)Nc4ccc(Cl)c(C(F)(F)F)c4)CC2C3)c1. The van der Waals surface area contributed by atoms with Gasteiger partial charge < -0.3 is 15.1 Å². The van der Waals surface area contributed by atoms with Crippen molar-refractivity contribution >= 4 is 23.3 Å². The van der Waals surface area contributed by atoms with E-state index in [0.29, 0.717) is 18.0 Å². The quantitative estimate of drug-likeness (QED) is 0.406. The van der Waals surface area contributed by atoms with Gasteiger partial charge in [0.1, 0.15) is 0 Å². The molecule has 3 fully saturated rings. The molecule has 2 aromatic carbocycles. The Balaban J connectivity index is 1.30. The van der Waals surface area contributed by atoms with E-state index in [9.17, 15) is 23.2 Å². The highest BCUT2D eigenvalue weighted by atomic mass is 35.5. The Morgan fingerprint density at radius 2 is 2.00 bits per heavy atom. The van der Waals surface area contributed by atoms with Crippen molar-refractivity contribution in [3.63, 3.8) is 0 Å². The molecule has 1 saturated heterocycles. The highest BCUT2D eigenvalue weighted by Gasteiger charge is 2.58. The molecule has 1 unspecified atom stereocenters. The van der Waals surface area contributed by atoms with Crippen LogP contribution in [0.4, 0.5) is 23.7 Å². The summed E-state index contributed by atoms with van der Waals surface area (Å²) in [4.78, 5) is 17.7. The lowest BCUT2D eigenvalue weighted by Crippen LogP contribution is -2.46. The molecule has 0 spiro atoms. The molecule has 3 aliphatic rings. The van der Waals surface area contributed by atoms with Crippen molar-refractivity contribution < 1.29 is 18.0 Å². The van der Waals surface area contributed by atoms with Gasteiger partial charge in [0.05, 0.1) is 22.2 Å². The molecule has 1 heterocycles. The molecule has 2 aliphatic carbocycles. The predicted octanol–water partition coefficient (Wildman–Crippen LogP) is 7.06. The number of carbonyl (C=O) groups excluding carboxylic acids is 1. The largest absolute Gasteiger partial charge is 0.417 e. The van der Waals surface area contributed by atoms with Crippen LogP contribution in [-0.4, -0.2) is 48.1 Å². The summed E-state index contributed by atoms with van der Waals surface area (Å²) in [6.45, 7) is 3.61. The summed E-state index contributed by atoms with van der Waals surface area (Å²) in [5, 5.41) is 11.6. The second kappa shape index (κ2) is 10.8. The number of anilines is 1. The molecular weight excluding hydrogens is 513 g/mol. The summed E-state index contributed by atoms with van der Waals surface area (Å²) in [5.41, 5.74) is 1.05. The van der Waals surface area contributed by atoms with Crippen LogP contribution >= 0.6 is 11.6 Å². The molecule has 0 aromatic heterocycles. The molecule has 9 heteroatoms. The molecule has 202 valence electrons. The van der Waals surface area contributed by atoms with E-state index in [1.54, 1.807) is 0 Å². The normalized spacial score (nSPS) is 24.9. The number of nitrogens with zero attached hydrogens (tertiary/aromatic N) is 3. The molecule has 1 aliphatic heterocycles. The van der Waals surface area contributed by atoms with Crippen LogP contribution in [0.15, 0.2) is 42.5 Å². The van der Waals surface area contributed by atoms with Crippen molar-refractivity contribution in [3.05, 3.63) is 64.2 Å². The summed E-state index contributed by atoms with van der Waals surface area (Å²) in [6.07, 6.45) is 2.23. The third-order valence-electron chi connectivity index (χ3n) is 8.58. The van der Waals surface area contributed by atoms with Gasteiger partial charge in [-0.25, -0.2) is 4.79 Å². The Kier molecular flexibility index (Phi) is 7.61. The Hall–Kier alpha value is -2.76. The van der Waals surface area contributed by atoms with Gasteiger partial charge in [-0.2, -0.15) is 18.4 Å². The zero-order valence-corrected chi connectivity index (χ0v) is 22.0. The first-order chi connectivity index (χ1) is 18.2. The van der Waals surface area contributed by atoms with Gasteiger partial charge in [0.25, 0.3) is 0 Å². The van der Waals surface area contributed by atoms with Gasteiger partial charge in [-0.05, 0) is 112 Å². The van der Waals surface area contributed by atoms with Crippen molar-refractivity contribution in [2.45, 2.75) is 62.6 Å². The maximum Gasteiger partial charge on any atom is 0.417 e. The minimum atomic E-state index is -4.60. The monoisotopic (exact) mass is 544 g/mol. The van der Waals surface area contributed by atoms with Crippen LogP contribution in [0.3, 0.4) is 0 Å². The Morgan fingerprint density at radius 1 is 1.21 bits per heavy atom. The summed E-state index contributed by atoms with van der Waals surface area (Å²) in [5.74, 6) is 0.427. The summed E-state index contributed by atoms with van der Waals surface area (Å²) >= 11 is 5.77. The second-order valence-corrected chi connectivity index (χ2v) is 11.3. The standard InChI is InChI=1S/C29H32ClF3N4O/c30-26-8-7-23(17-25(26)29(31,32)33)35-27(38)37(14-4-13-36-11-1-2-12-36)24-9-10-28(18-22(28)16-24)21-6-3-5-20(15-21)19-34/h3,5-8,15,17,22,24H,1-2,4,9-14,16,18H2,(H,35,38)/t22?,24-,28-/m1/s1. The Bertz CT molecular complexity index is 1220. The van der Waals surface area contributed by atoms with E-state index >= 15 is 0 Å². The number of nitrogens with one attached hydrogen (secondary N) is 1. The fourth-order valence-electron chi connectivity index (χ4n) is 6.48. The maximum absolute atomic E-state index is 13.5. The molecule has 3 atom stereocenters. The van der Waals surface area contributed by atoms with E-state index in [1.165, 1.54) is 30.5 Å². The molecule has 2 amide bonds. The number of urea groups is 1. The van der Waals surface area contributed by atoms with E-state index in [0.717, 1.165) is 57.8 Å². The third kappa shape index (κ3) is 5.64. The topological polar surface area (TPSA) is 59.4 Å². The first-order valence-corrected chi connectivity index (χ1v) is 13.7. The zero-order valence-electron chi connectivity index (χ0n) is 21.2. The maximum atomic E-state index is 13.5. The number of rotatable bonds is 7. The van der Waals surface area contributed by atoms with Crippen molar-refractivity contribution in [2.24, 2.45) is 5.92 Å². The van der Waals surface area contributed by atoms with Gasteiger partial charge in [0.2, 0.25) is 0 Å². The number of hydrogen-bond donors (Lipinski definition) is 1. The van der Waals surface area contributed by atoms with Crippen molar-refractivity contribution in [1.29, 1.82) is 5.26 Å². The number of carbonyl (C=O) groups is 1. The number of hydrogen-bond acceptors (Lipinski definition) is 3. The fourth-order valence-corrected chi connectivity index (χ4v) is 6.71. The smallest absolute Gasteiger partial charge is 0.321 e. The average molecular weight is 545 g/mol. The van der Waals surface area contributed by atoms with Gasteiger partial charge in [-0.1, -0.05) is 23.7 Å². The van der Waals surface area contributed by atoms with Gasteiger partial charge in [0, 0.05) is 18.3 Å². The lowest BCUT2D eigenvalue weighted by Gasteiger charge is -2.37. The van der Waals surface area contributed by atoms with Crippen LogP contribution in [0.1, 0.15) is 61.6 Å². The van der Waals surface area contributed by atoms with Crippen LogP contribution in [0.2, 0.25) is 5.02 Å². The van der Waals surface area contributed by atoms with Gasteiger partial charge in [-0.15, -0.1) is 0 Å². The molecule has 0 bridgehead atoms. The molecule has 5 nitrogen and oxygen atoms in total. The minimum absolute atomic E-state index is 0.0164. The van der Waals surface area contributed by atoms with Crippen LogP contribution in [-0.2, 0) is 11.6 Å². The van der Waals surface area contributed by atoms with E-state index < -0.39 is 16.8 Å². The third-order valence-corrected chi connectivity index (χ3v) is 8.91. The fraction of sp³-hybridized carbons (Fsp3) is 0.517. The number of alkyl halides is 3. The summed E-state index contributed by atoms with van der Waals surface area (Å²) in [6, 6.07) is 13.2. The summed E-state index contributed by atoms with van der Waals surface area (Å²) < 4.78 is 40.1. The first kappa shape index (κ1) is 26.8. The first-order valence-electron chi connectivity index (χ1n) is 13.4. The molecule has 0 radical (unpaired) electrons. The number of halogens is 4. The lowest BCUT2D eigenvalue weighted by atomic mass is 9.80. The molecule has 2 aromatic rings. The number of likely N-dealkylation sites (tertiary alicyclic amines) is 1. The lowest BCUT2D eigenvalue weighted by molar-refractivity contribution is -0.137. The molecule has 2 saturated carbocycles. The molecular formula is C29H32ClF3N4O. The van der Waals surface area contributed by atoms with E-state index in [4.69, 9.17) is 11.6 Å². The molecule has 5 rings (SSSR count). The second-order valence-electron chi connectivity index (χ2n) is 10.9. The average Bonchev–Trinajstić information content (AvgIpc) is 3.41. The number of amides is 2. The zero-order chi connectivity index (χ0) is 26.9. The number of fused-ring (bicyclic) bond motifs is 1. The Labute approximate surface area is 226 Å². The van der Waals surface area contributed by atoms with Crippen molar-refractivity contribution in [3.8, 4) is 6.07 Å². The van der Waals surface area contributed by atoms with Gasteiger partial charge >= 0.3 is 12.2 Å². The number of benzene rings is 2. The Morgan fingerprint density at radius 3 is 2.71 bits per heavy atom. The van der Waals surface area contributed by atoms with Crippen molar-refractivity contribution in [1.82, 2.24) is 9.80 Å². The van der Waals surface area contributed by atoms with E-state index in [1.807, 2.05) is 23.1 Å². The summed E-state index contributed by atoms with van der Waals surface area (Å²) in [7, 11) is 0. The van der Waals surface area contributed by atoms with Crippen LogP contribution in [0.5, 0.6) is 0 Å². The van der Waals surface area contributed by atoms with E-state index in [-0.39, 0.29) is 23.2 Å². The van der Waals surface area contributed by atoms with Gasteiger partial charge in [-0.3, -0.25) is 0 Å². The minimum Gasteiger partial charge on any atom is -0.321 e. The van der Waals surface area contributed by atoms with Crippen LogP contribution < -0.4 is 5.32 Å². The number of nitriles is 1. The molecule has 1 N–H and O–H groups in total. The van der Waals surface area contributed by atoms with Gasteiger partial charge in [0.15, 0.2) is 0 Å². The highest BCUT2D eigenvalue weighted by Crippen LogP contribution is 2.63. The molecule has 38 heavy (non-hydrogen) atoms. The van der Waals surface area contributed by atoms with Crippen LogP contribution in [0.25, 0.3) is 0 Å². The van der Waals surface area contributed by atoms with Crippen molar-refractivity contribution in [2.75, 3.05) is 31.5 Å². The van der Waals surface area contributed by atoms with Crippen LogP contribution in [0, 0.1) is 17.2 Å². The van der Waals surface area contributed by atoms with E-state index in [2.05, 4.69) is 22.4 Å². The predicted molar refractivity (Wildman–Crippen MR) is 141 cm³/mol. The highest BCUT2D eigenvalue weighted by molar-refractivity contribution is 6.31.